The van der Waals surface area contributed by atoms with E-state index in [1.165, 1.54) is 16.2 Å². The Balaban J connectivity index is 2.11. The maximum absolute atomic E-state index is 12.4. The normalized spacial score (nSPS) is 11.1. The fourth-order valence-electron chi connectivity index (χ4n) is 2.07. The average molecular weight is 425 g/mol. The number of thiophene rings is 1. The fraction of sp³-hybridized carbons (Fsp3) is 0.333. The number of rotatable bonds is 4. The second kappa shape index (κ2) is 8.01. The van der Waals surface area contributed by atoms with Crippen LogP contribution in [0.5, 0.6) is 0 Å². The van der Waals surface area contributed by atoms with Gasteiger partial charge in [0.2, 0.25) is 0 Å². The van der Waals surface area contributed by atoms with Gasteiger partial charge in [0, 0.05) is 17.2 Å². The molecule has 1 aromatic carbocycles. The predicted octanol–water partition coefficient (Wildman–Crippen LogP) is 5.13. The van der Waals surface area contributed by atoms with Crippen molar-refractivity contribution in [2.45, 2.75) is 32.9 Å². The number of benzene rings is 1. The number of hydrogen-bond donors (Lipinski definition) is 1. The Kier molecular flexibility index (Phi) is 6.24. The highest BCUT2D eigenvalue weighted by molar-refractivity contribution is 9.10. The van der Waals surface area contributed by atoms with E-state index in [4.69, 9.17) is 4.74 Å². The van der Waals surface area contributed by atoms with Crippen molar-refractivity contribution in [3.8, 4) is 0 Å². The van der Waals surface area contributed by atoms with Gasteiger partial charge in [0.15, 0.2) is 0 Å². The zero-order chi connectivity index (χ0) is 18.6. The third-order valence-electron chi connectivity index (χ3n) is 3.20. The quantitative estimate of drug-likeness (QED) is 0.739. The van der Waals surface area contributed by atoms with Crippen molar-refractivity contribution in [1.82, 2.24) is 4.90 Å². The number of nitrogens with one attached hydrogen (secondary N) is 1. The van der Waals surface area contributed by atoms with Crippen LogP contribution in [0.15, 0.2) is 40.2 Å². The van der Waals surface area contributed by atoms with Crippen LogP contribution in [0.3, 0.4) is 0 Å². The highest BCUT2D eigenvalue weighted by atomic mass is 79.9. The Hall–Kier alpha value is -1.86. The largest absolute Gasteiger partial charge is 0.444 e. The lowest BCUT2D eigenvalue weighted by Gasteiger charge is -2.25. The molecular formula is C18H21BrN2O3S. The molecular weight excluding hydrogens is 404 g/mol. The second-order valence-corrected chi connectivity index (χ2v) is 8.32. The van der Waals surface area contributed by atoms with Crippen LogP contribution < -0.4 is 5.32 Å². The molecule has 1 N–H and O–H groups in total. The zero-order valence-corrected chi connectivity index (χ0v) is 17.0. The van der Waals surface area contributed by atoms with E-state index in [1.807, 2.05) is 56.5 Å². The van der Waals surface area contributed by atoms with Crippen LogP contribution in [-0.4, -0.2) is 29.5 Å². The van der Waals surface area contributed by atoms with Crippen molar-refractivity contribution in [3.05, 3.63) is 50.6 Å². The molecule has 5 nitrogen and oxygen atoms in total. The van der Waals surface area contributed by atoms with E-state index in [1.54, 1.807) is 7.05 Å². The third kappa shape index (κ3) is 5.57. The van der Waals surface area contributed by atoms with E-state index < -0.39 is 11.7 Å². The molecule has 0 unspecified atom stereocenters. The molecule has 0 aliphatic carbocycles. The lowest BCUT2D eigenvalue weighted by Crippen LogP contribution is -2.34. The third-order valence-corrected chi connectivity index (χ3v) is 5.04. The van der Waals surface area contributed by atoms with Gasteiger partial charge in [-0.25, -0.2) is 4.79 Å². The molecule has 2 amide bonds. The molecule has 7 heteroatoms. The van der Waals surface area contributed by atoms with Crippen molar-refractivity contribution < 1.29 is 14.3 Å². The summed E-state index contributed by atoms with van der Waals surface area (Å²) in [6, 6.07) is 9.24. The van der Waals surface area contributed by atoms with E-state index >= 15 is 0 Å². The van der Waals surface area contributed by atoms with Gasteiger partial charge in [0.25, 0.3) is 5.91 Å². The summed E-state index contributed by atoms with van der Waals surface area (Å²) in [6.07, 6.45) is -0.408. The van der Waals surface area contributed by atoms with Gasteiger partial charge in [-0.2, -0.15) is 0 Å². The van der Waals surface area contributed by atoms with Gasteiger partial charge in [-0.15, -0.1) is 11.3 Å². The van der Waals surface area contributed by atoms with Gasteiger partial charge in [-0.1, -0.05) is 18.2 Å². The molecule has 1 heterocycles. The maximum Gasteiger partial charge on any atom is 0.410 e. The summed E-state index contributed by atoms with van der Waals surface area (Å²) in [7, 11) is 1.67. The first kappa shape index (κ1) is 19.5. The van der Waals surface area contributed by atoms with Crippen LogP contribution in [0.4, 0.5) is 10.5 Å². The number of carbonyl (C=O) groups excluding carboxylic acids is 2. The van der Waals surface area contributed by atoms with Crippen molar-refractivity contribution in [3.63, 3.8) is 0 Å². The number of ether oxygens (including phenoxy) is 1. The van der Waals surface area contributed by atoms with Gasteiger partial charge >= 0.3 is 6.09 Å². The van der Waals surface area contributed by atoms with Gasteiger partial charge in [0.05, 0.1) is 6.54 Å². The van der Waals surface area contributed by atoms with Crippen LogP contribution in [0.25, 0.3) is 0 Å². The zero-order valence-electron chi connectivity index (χ0n) is 14.6. The van der Waals surface area contributed by atoms with Crippen molar-refractivity contribution in [1.29, 1.82) is 0 Å². The molecule has 1 aromatic heterocycles. The minimum atomic E-state index is -0.551. The summed E-state index contributed by atoms with van der Waals surface area (Å²) in [5, 5.41) is 4.76. The number of hydrogen-bond acceptors (Lipinski definition) is 4. The van der Waals surface area contributed by atoms with Gasteiger partial charge < -0.3 is 15.0 Å². The Bertz CT molecular complexity index is 768. The monoisotopic (exact) mass is 424 g/mol. The standard InChI is InChI=1S/C18H21BrN2O3S/c1-18(2,3)24-17(23)21(4)11-12-7-5-6-8-14(12)20-16(22)15-13(19)9-10-25-15/h5-10H,11H2,1-4H3,(H,20,22). The highest BCUT2D eigenvalue weighted by Gasteiger charge is 2.21. The fourth-order valence-corrected chi connectivity index (χ4v) is 3.52. The van der Waals surface area contributed by atoms with Crippen molar-refractivity contribution in [2.75, 3.05) is 12.4 Å². The molecule has 0 aliphatic heterocycles. The summed E-state index contributed by atoms with van der Waals surface area (Å²) in [4.78, 5) is 26.6. The molecule has 25 heavy (non-hydrogen) atoms. The molecule has 0 saturated heterocycles. The minimum Gasteiger partial charge on any atom is -0.444 e. The van der Waals surface area contributed by atoms with E-state index in [9.17, 15) is 9.59 Å². The second-order valence-electron chi connectivity index (χ2n) is 6.55. The molecule has 0 fully saturated rings. The van der Waals surface area contributed by atoms with Crippen LogP contribution in [-0.2, 0) is 11.3 Å². The SMILES string of the molecule is CN(Cc1ccccc1NC(=O)c1sccc1Br)C(=O)OC(C)(C)C. The van der Waals surface area contributed by atoms with E-state index in [0.717, 1.165) is 10.0 Å². The first-order valence-electron chi connectivity index (χ1n) is 7.74. The summed E-state index contributed by atoms with van der Waals surface area (Å²) >= 11 is 4.73. The first-order valence-corrected chi connectivity index (χ1v) is 9.41. The molecule has 2 aromatic rings. The topological polar surface area (TPSA) is 58.6 Å². The maximum atomic E-state index is 12.4. The van der Waals surface area contributed by atoms with Crippen LogP contribution in [0.2, 0.25) is 0 Å². The molecule has 0 aliphatic rings. The van der Waals surface area contributed by atoms with Gasteiger partial charge in [-0.3, -0.25) is 4.79 Å². The number of anilines is 1. The Morgan fingerprint density at radius 1 is 1.24 bits per heavy atom. The van der Waals surface area contributed by atoms with Crippen molar-refractivity contribution in [2.24, 2.45) is 0 Å². The van der Waals surface area contributed by atoms with Gasteiger partial charge in [0.1, 0.15) is 10.5 Å². The number of nitrogens with zero attached hydrogens (tertiary/aromatic N) is 1. The lowest BCUT2D eigenvalue weighted by atomic mass is 10.1. The molecule has 0 saturated carbocycles. The Morgan fingerprint density at radius 3 is 2.52 bits per heavy atom. The summed E-state index contributed by atoms with van der Waals surface area (Å²) in [6.45, 7) is 5.81. The Morgan fingerprint density at radius 2 is 1.92 bits per heavy atom. The molecule has 134 valence electrons. The molecule has 0 radical (unpaired) electrons. The minimum absolute atomic E-state index is 0.186. The molecule has 0 spiro atoms. The lowest BCUT2D eigenvalue weighted by molar-refractivity contribution is 0.0285. The van der Waals surface area contributed by atoms with Crippen LogP contribution in [0.1, 0.15) is 36.0 Å². The summed E-state index contributed by atoms with van der Waals surface area (Å²) in [5.74, 6) is -0.186. The molecule has 0 bridgehead atoms. The van der Waals surface area contributed by atoms with E-state index in [0.29, 0.717) is 17.1 Å². The number of carbonyl (C=O) groups is 2. The summed E-state index contributed by atoms with van der Waals surface area (Å²) < 4.78 is 6.12. The molecule has 2 rings (SSSR count). The predicted molar refractivity (Wildman–Crippen MR) is 104 cm³/mol. The highest BCUT2D eigenvalue weighted by Crippen LogP contribution is 2.25. The number of para-hydroxylation sites is 1. The smallest absolute Gasteiger partial charge is 0.410 e. The molecule has 0 atom stereocenters. The van der Waals surface area contributed by atoms with Crippen molar-refractivity contribution >= 4 is 45.0 Å². The average Bonchev–Trinajstić information content (AvgIpc) is 2.93. The van der Waals surface area contributed by atoms with E-state index in [-0.39, 0.29) is 5.91 Å². The first-order chi connectivity index (χ1) is 11.7. The number of amides is 2. The van der Waals surface area contributed by atoms with Crippen LogP contribution in [0, 0.1) is 0 Å². The van der Waals surface area contributed by atoms with E-state index in [2.05, 4.69) is 21.2 Å². The summed E-state index contributed by atoms with van der Waals surface area (Å²) in [5.41, 5.74) is 0.949. The number of halogens is 1. The van der Waals surface area contributed by atoms with Gasteiger partial charge in [-0.05, 0) is 59.8 Å². The Labute approximate surface area is 160 Å². The van der Waals surface area contributed by atoms with Crippen LogP contribution >= 0.6 is 27.3 Å².